The Morgan fingerprint density at radius 3 is 2.95 bits per heavy atom. The molecule has 1 aliphatic rings. The molecule has 0 bridgehead atoms. The largest absolute Gasteiger partial charge is 0.339 e. The summed E-state index contributed by atoms with van der Waals surface area (Å²) in [7, 11) is 0. The van der Waals surface area contributed by atoms with Gasteiger partial charge in [-0.05, 0) is 49.1 Å². The van der Waals surface area contributed by atoms with Gasteiger partial charge in [0.1, 0.15) is 17.7 Å². The number of hydrogen-bond acceptors (Lipinski definition) is 3. The van der Waals surface area contributed by atoms with E-state index in [4.69, 9.17) is 0 Å². The minimum Gasteiger partial charge on any atom is -0.339 e. The molecular weight excluding hydrogens is 241 g/mol. The molecule has 1 heterocycles. The maximum absolute atomic E-state index is 13.1. The van der Waals surface area contributed by atoms with E-state index < -0.39 is 0 Å². The lowest BCUT2D eigenvalue weighted by Crippen LogP contribution is -2.01. The number of aryl methyl sites for hydroxylation is 2. The third-order valence-electron chi connectivity index (χ3n) is 3.26. The van der Waals surface area contributed by atoms with Crippen molar-refractivity contribution in [2.75, 3.05) is 5.32 Å². The number of benzene rings is 1. The molecule has 1 aromatic carbocycles. The Bertz CT molecular complexity index is 674. The van der Waals surface area contributed by atoms with Gasteiger partial charge in [0.2, 0.25) is 0 Å². The van der Waals surface area contributed by atoms with Gasteiger partial charge in [0, 0.05) is 11.4 Å². The van der Waals surface area contributed by atoms with Crippen molar-refractivity contribution in [3.8, 4) is 6.07 Å². The van der Waals surface area contributed by atoms with E-state index >= 15 is 0 Å². The number of nitrogens with zero attached hydrogens (tertiary/aromatic N) is 2. The minimum absolute atomic E-state index is 0.315. The molecule has 3 rings (SSSR count). The lowest BCUT2D eigenvalue weighted by atomic mass is 10.1. The SMILES string of the molecule is N#Cc1cc2c(nc1Nc1cccc(F)c1)CCC2. The zero-order valence-electron chi connectivity index (χ0n) is 10.3. The Morgan fingerprint density at radius 2 is 2.16 bits per heavy atom. The summed E-state index contributed by atoms with van der Waals surface area (Å²) in [6, 6.07) is 10.2. The first kappa shape index (κ1) is 11.7. The lowest BCUT2D eigenvalue weighted by Gasteiger charge is -2.09. The van der Waals surface area contributed by atoms with E-state index in [2.05, 4.69) is 16.4 Å². The maximum atomic E-state index is 13.1. The Hall–Kier alpha value is -2.41. The summed E-state index contributed by atoms with van der Waals surface area (Å²) in [5.74, 6) is 0.193. The second-order valence-electron chi connectivity index (χ2n) is 4.59. The molecule has 0 aliphatic heterocycles. The van der Waals surface area contributed by atoms with Crippen molar-refractivity contribution in [2.24, 2.45) is 0 Å². The van der Waals surface area contributed by atoms with Gasteiger partial charge in [0.15, 0.2) is 0 Å². The van der Waals surface area contributed by atoms with Crippen LogP contribution in [0.2, 0.25) is 0 Å². The van der Waals surface area contributed by atoms with Crippen LogP contribution >= 0.6 is 0 Å². The zero-order valence-corrected chi connectivity index (χ0v) is 10.3. The highest BCUT2D eigenvalue weighted by Crippen LogP contribution is 2.26. The number of aromatic nitrogens is 1. The van der Waals surface area contributed by atoms with E-state index in [0.717, 1.165) is 30.5 Å². The minimum atomic E-state index is -0.315. The molecule has 1 aliphatic carbocycles. The van der Waals surface area contributed by atoms with Crippen molar-refractivity contribution in [1.29, 1.82) is 5.26 Å². The van der Waals surface area contributed by atoms with Crippen molar-refractivity contribution in [1.82, 2.24) is 4.98 Å². The predicted octanol–water partition coefficient (Wildman–Crippen LogP) is 3.32. The van der Waals surface area contributed by atoms with Gasteiger partial charge in [0.05, 0.1) is 5.56 Å². The number of fused-ring (bicyclic) bond motifs is 1. The molecule has 0 atom stereocenters. The third-order valence-corrected chi connectivity index (χ3v) is 3.26. The third kappa shape index (κ3) is 2.27. The molecular formula is C15H12FN3. The van der Waals surface area contributed by atoms with Crippen molar-refractivity contribution < 1.29 is 4.39 Å². The van der Waals surface area contributed by atoms with Gasteiger partial charge in [-0.15, -0.1) is 0 Å². The summed E-state index contributed by atoms with van der Waals surface area (Å²) in [6.07, 6.45) is 3.01. The number of nitriles is 1. The summed E-state index contributed by atoms with van der Waals surface area (Å²) in [6.45, 7) is 0. The van der Waals surface area contributed by atoms with Crippen molar-refractivity contribution in [2.45, 2.75) is 19.3 Å². The molecule has 0 saturated carbocycles. The molecule has 2 aromatic rings. The fourth-order valence-corrected chi connectivity index (χ4v) is 2.36. The molecule has 94 valence electrons. The molecule has 0 amide bonds. The Balaban J connectivity index is 1.99. The average Bonchev–Trinajstić information content (AvgIpc) is 2.85. The highest BCUT2D eigenvalue weighted by molar-refractivity contribution is 5.63. The lowest BCUT2D eigenvalue weighted by molar-refractivity contribution is 0.628. The van der Waals surface area contributed by atoms with Crippen molar-refractivity contribution in [3.05, 3.63) is 53.0 Å². The van der Waals surface area contributed by atoms with Crippen LogP contribution in [0.5, 0.6) is 0 Å². The van der Waals surface area contributed by atoms with Gasteiger partial charge in [-0.2, -0.15) is 5.26 Å². The normalized spacial score (nSPS) is 12.8. The number of anilines is 2. The predicted molar refractivity (Wildman–Crippen MR) is 70.7 cm³/mol. The number of halogens is 1. The van der Waals surface area contributed by atoms with E-state index in [0.29, 0.717) is 17.1 Å². The monoisotopic (exact) mass is 253 g/mol. The zero-order chi connectivity index (χ0) is 13.2. The summed E-state index contributed by atoms with van der Waals surface area (Å²) in [5.41, 5.74) is 3.30. The van der Waals surface area contributed by atoms with Crippen LogP contribution in [0.1, 0.15) is 23.2 Å². The number of pyridine rings is 1. The smallest absolute Gasteiger partial charge is 0.148 e. The molecule has 0 unspecified atom stereocenters. The van der Waals surface area contributed by atoms with Crippen LogP contribution in [0.25, 0.3) is 0 Å². The fourth-order valence-electron chi connectivity index (χ4n) is 2.36. The van der Waals surface area contributed by atoms with Crippen molar-refractivity contribution >= 4 is 11.5 Å². The molecule has 1 aromatic heterocycles. The fraction of sp³-hybridized carbons (Fsp3) is 0.200. The molecule has 0 radical (unpaired) electrons. The summed E-state index contributed by atoms with van der Waals surface area (Å²) < 4.78 is 13.1. The Kier molecular flexibility index (Phi) is 2.88. The standard InChI is InChI=1S/C15H12FN3/c16-12-4-2-5-13(8-12)18-15-11(9-17)7-10-3-1-6-14(10)19-15/h2,4-5,7-8H,1,3,6H2,(H,18,19). The van der Waals surface area contributed by atoms with Crippen LogP contribution in [0, 0.1) is 17.1 Å². The summed E-state index contributed by atoms with van der Waals surface area (Å²) in [5, 5.41) is 12.2. The molecule has 1 N–H and O–H groups in total. The summed E-state index contributed by atoms with van der Waals surface area (Å²) >= 11 is 0. The second kappa shape index (κ2) is 4.69. The highest BCUT2D eigenvalue weighted by atomic mass is 19.1. The van der Waals surface area contributed by atoms with E-state index in [1.165, 1.54) is 12.1 Å². The second-order valence-corrected chi connectivity index (χ2v) is 4.59. The topological polar surface area (TPSA) is 48.7 Å². The molecule has 3 nitrogen and oxygen atoms in total. The van der Waals surface area contributed by atoms with Gasteiger partial charge in [0.25, 0.3) is 0 Å². The quantitative estimate of drug-likeness (QED) is 0.893. The number of nitrogens with one attached hydrogen (secondary N) is 1. The van der Waals surface area contributed by atoms with E-state index in [1.807, 2.05) is 6.07 Å². The van der Waals surface area contributed by atoms with Crippen LogP contribution in [0.3, 0.4) is 0 Å². The number of hydrogen-bond donors (Lipinski definition) is 1. The summed E-state index contributed by atoms with van der Waals surface area (Å²) in [4.78, 5) is 4.49. The molecule has 0 spiro atoms. The first-order valence-corrected chi connectivity index (χ1v) is 6.22. The maximum Gasteiger partial charge on any atom is 0.148 e. The van der Waals surface area contributed by atoms with E-state index in [9.17, 15) is 9.65 Å². The van der Waals surface area contributed by atoms with Gasteiger partial charge in [-0.1, -0.05) is 6.07 Å². The molecule has 0 saturated heterocycles. The van der Waals surface area contributed by atoms with Crippen LogP contribution < -0.4 is 5.32 Å². The van der Waals surface area contributed by atoms with Gasteiger partial charge < -0.3 is 5.32 Å². The Morgan fingerprint density at radius 1 is 1.26 bits per heavy atom. The van der Waals surface area contributed by atoms with Crippen molar-refractivity contribution in [3.63, 3.8) is 0 Å². The first-order valence-electron chi connectivity index (χ1n) is 6.22. The van der Waals surface area contributed by atoms with Crippen LogP contribution in [-0.4, -0.2) is 4.98 Å². The molecule has 4 heteroatoms. The van der Waals surface area contributed by atoms with Crippen LogP contribution in [-0.2, 0) is 12.8 Å². The molecule has 0 fully saturated rings. The Labute approximate surface area is 110 Å². The highest BCUT2D eigenvalue weighted by Gasteiger charge is 2.16. The van der Waals surface area contributed by atoms with Crippen LogP contribution in [0.4, 0.5) is 15.9 Å². The van der Waals surface area contributed by atoms with Gasteiger partial charge in [-0.25, -0.2) is 9.37 Å². The van der Waals surface area contributed by atoms with Crippen LogP contribution in [0.15, 0.2) is 30.3 Å². The average molecular weight is 253 g/mol. The molecule has 19 heavy (non-hydrogen) atoms. The number of rotatable bonds is 2. The van der Waals surface area contributed by atoms with E-state index in [1.54, 1.807) is 12.1 Å². The van der Waals surface area contributed by atoms with Gasteiger partial charge >= 0.3 is 0 Å². The first-order chi connectivity index (χ1) is 9.26. The van der Waals surface area contributed by atoms with Gasteiger partial charge in [-0.3, -0.25) is 0 Å². The van der Waals surface area contributed by atoms with E-state index in [-0.39, 0.29) is 5.82 Å².